The average Bonchev–Trinajstić information content (AvgIpc) is 2.80. The number of aryl methyl sites for hydroxylation is 2. The molecule has 7 heteroatoms. The van der Waals surface area contributed by atoms with E-state index in [-0.39, 0.29) is 19.1 Å². The number of hydrogen-bond acceptors (Lipinski definition) is 4. The maximum absolute atomic E-state index is 12.9. The van der Waals surface area contributed by atoms with Crippen LogP contribution in [0.4, 0.5) is 0 Å². The number of carboxylic acids is 1. The van der Waals surface area contributed by atoms with Crippen LogP contribution >= 0.6 is 0 Å². The van der Waals surface area contributed by atoms with E-state index >= 15 is 0 Å². The van der Waals surface area contributed by atoms with E-state index in [0.717, 1.165) is 17.0 Å². The Hall–Kier alpha value is -2.67. The van der Waals surface area contributed by atoms with Crippen LogP contribution in [-0.4, -0.2) is 58.0 Å². The summed E-state index contributed by atoms with van der Waals surface area (Å²) in [6.07, 6.45) is 0. The number of carbonyl (C=O) groups excluding carboxylic acids is 1. The molecule has 1 atom stereocenters. The van der Waals surface area contributed by atoms with Gasteiger partial charge in [-0.05, 0) is 37.6 Å². The van der Waals surface area contributed by atoms with E-state index in [4.69, 9.17) is 4.74 Å². The van der Waals surface area contributed by atoms with Crippen LogP contribution in [0.15, 0.2) is 30.3 Å². The maximum Gasteiger partial charge on any atom is 0.310 e. The number of hydrogen-bond donors (Lipinski definition) is 1. The van der Waals surface area contributed by atoms with Crippen molar-refractivity contribution >= 4 is 11.9 Å². The Morgan fingerprint density at radius 1 is 1.31 bits per heavy atom. The quantitative estimate of drug-likeness (QED) is 0.901. The zero-order valence-corrected chi connectivity index (χ0v) is 15.0. The molecule has 1 aliphatic rings. The Morgan fingerprint density at radius 2 is 2.12 bits per heavy atom. The van der Waals surface area contributed by atoms with Crippen LogP contribution in [-0.2, 0) is 16.1 Å². The van der Waals surface area contributed by atoms with E-state index in [1.165, 1.54) is 0 Å². The third-order valence-corrected chi connectivity index (χ3v) is 4.51. The number of nitrogens with zero attached hydrogens (tertiary/aromatic N) is 3. The third-order valence-electron chi connectivity index (χ3n) is 4.51. The predicted molar refractivity (Wildman–Crippen MR) is 95.1 cm³/mol. The molecule has 1 unspecified atom stereocenters. The molecule has 7 nitrogen and oxygen atoms in total. The average molecular weight is 357 g/mol. The molecular formula is C19H23N3O4. The molecule has 1 fully saturated rings. The van der Waals surface area contributed by atoms with Crippen LogP contribution in [0.1, 0.15) is 27.3 Å². The van der Waals surface area contributed by atoms with Crippen molar-refractivity contribution in [3.8, 4) is 0 Å². The second kappa shape index (κ2) is 7.70. The Bertz CT molecular complexity index is 815. The molecule has 0 saturated carbocycles. The summed E-state index contributed by atoms with van der Waals surface area (Å²) in [4.78, 5) is 25.7. The zero-order chi connectivity index (χ0) is 18.7. The van der Waals surface area contributed by atoms with Crippen molar-refractivity contribution in [2.24, 2.45) is 5.92 Å². The summed E-state index contributed by atoms with van der Waals surface area (Å²) in [5, 5.41) is 13.7. The van der Waals surface area contributed by atoms with Crippen molar-refractivity contribution < 1.29 is 19.4 Å². The van der Waals surface area contributed by atoms with Gasteiger partial charge in [-0.1, -0.05) is 12.1 Å². The fourth-order valence-corrected chi connectivity index (χ4v) is 3.14. The summed E-state index contributed by atoms with van der Waals surface area (Å²) < 4.78 is 7.22. The Labute approximate surface area is 152 Å². The van der Waals surface area contributed by atoms with Gasteiger partial charge in [0.25, 0.3) is 5.91 Å². The maximum atomic E-state index is 12.9. The fraction of sp³-hybridized carbons (Fsp3) is 0.421. The first-order chi connectivity index (χ1) is 12.4. The third kappa shape index (κ3) is 4.11. The van der Waals surface area contributed by atoms with Crippen LogP contribution in [0.5, 0.6) is 0 Å². The van der Waals surface area contributed by atoms with Crippen molar-refractivity contribution in [1.82, 2.24) is 14.7 Å². The topological polar surface area (TPSA) is 84.7 Å². The number of aromatic nitrogens is 2. The van der Waals surface area contributed by atoms with Crippen molar-refractivity contribution in [1.29, 1.82) is 0 Å². The highest BCUT2D eigenvalue weighted by atomic mass is 16.5. The summed E-state index contributed by atoms with van der Waals surface area (Å²) in [6.45, 7) is 5.57. The van der Waals surface area contributed by atoms with Crippen molar-refractivity contribution in [3.05, 3.63) is 52.8 Å². The van der Waals surface area contributed by atoms with E-state index in [0.29, 0.717) is 25.3 Å². The highest BCUT2D eigenvalue weighted by molar-refractivity contribution is 5.94. The van der Waals surface area contributed by atoms with Gasteiger partial charge >= 0.3 is 5.97 Å². The molecule has 26 heavy (non-hydrogen) atoms. The molecular weight excluding hydrogens is 334 g/mol. The molecule has 0 aliphatic carbocycles. The standard InChI is InChI=1S/C19H23N3O4/c1-13-8-14(2)22(20-13)10-15-4-3-5-16(9-15)18(23)21-6-7-26-12-17(11-21)19(24)25/h3-5,8-9,17H,6-7,10-12H2,1-2H3,(H,24,25). The molecule has 1 saturated heterocycles. The van der Waals surface area contributed by atoms with Gasteiger partial charge in [-0.15, -0.1) is 0 Å². The Kier molecular flexibility index (Phi) is 5.37. The highest BCUT2D eigenvalue weighted by Gasteiger charge is 2.27. The number of aliphatic carboxylic acids is 1. The minimum Gasteiger partial charge on any atom is -0.481 e. The SMILES string of the molecule is Cc1cc(C)n(Cc2cccc(C(=O)N3CCOCC(C(=O)O)C3)c2)n1. The van der Waals surface area contributed by atoms with Gasteiger partial charge in [0.15, 0.2) is 0 Å². The highest BCUT2D eigenvalue weighted by Crippen LogP contribution is 2.15. The van der Waals surface area contributed by atoms with Gasteiger partial charge in [-0.25, -0.2) is 0 Å². The van der Waals surface area contributed by atoms with E-state index < -0.39 is 11.9 Å². The first kappa shape index (κ1) is 18.1. The number of ether oxygens (including phenoxy) is 1. The lowest BCUT2D eigenvalue weighted by atomic mass is 10.1. The van der Waals surface area contributed by atoms with Crippen LogP contribution in [0.25, 0.3) is 0 Å². The smallest absolute Gasteiger partial charge is 0.310 e. The van der Waals surface area contributed by atoms with E-state index in [1.54, 1.807) is 11.0 Å². The molecule has 0 spiro atoms. The van der Waals surface area contributed by atoms with Crippen molar-refractivity contribution in [3.63, 3.8) is 0 Å². The summed E-state index contributed by atoms with van der Waals surface area (Å²) >= 11 is 0. The minimum absolute atomic E-state index is 0.136. The predicted octanol–water partition coefficient (Wildman–Crippen LogP) is 1.72. The summed E-state index contributed by atoms with van der Waals surface area (Å²) in [7, 11) is 0. The van der Waals surface area contributed by atoms with E-state index in [2.05, 4.69) is 5.10 Å². The van der Waals surface area contributed by atoms with Gasteiger partial charge in [-0.3, -0.25) is 14.3 Å². The zero-order valence-electron chi connectivity index (χ0n) is 15.0. The summed E-state index contributed by atoms with van der Waals surface area (Å²) in [6, 6.07) is 9.42. The number of carbonyl (C=O) groups is 2. The van der Waals surface area contributed by atoms with E-state index in [9.17, 15) is 14.7 Å². The number of amides is 1. The van der Waals surface area contributed by atoms with Crippen molar-refractivity contribution in [2.75, 3.05) is 26.3 Å². The lowest BCUT2D eigenvalue weighted by Gasteiger charge is -2.22. The number of rotatable bonds is 4. The van der Waals surface area contributed by atoms with Crippen LogP contribution in [0, 0.1) is 19.8 Å². The normalized spacial score (nSPS) is 17.8. The van der Waals surface area contributed by atoms with Gasteiger partial charge in [0.2, 0.25) is 0 Å². The summed E-state index contributed by atoms with van der Waals surface area (Å²) in [5.74, 6) is -1.81. The second-order valence-electron chi connectivity index (χ2n) is 6.65. The first-order valence-corrected chi connectivity index (χ1v) is 8.64. The Morgan fingerprint density at radius 3 is 2.81 bits per heavy atom. The number of benzene rings is 1. The Balaban J connectivity index is 1.77. The second-order valence-corrected chi connectivity index (χ2v) is 6.65. The molecule has 0 bridgehead atoms. The molecule has 1 amide bonds. The molecule has 3 rings (SSSR count). The van der Waals surface area contributed by atoms with Gasteiger partial charge in [0, 0.05) is 24.3 Å². The lowest BCUT2D eigenvalue weighted by molar-refractivity contribution is -0.143. The van der Waals surface area contributed by atoms with Gasteiger partial charge < -0.3 is 14.7 Å². The van der Waals surface area contributed by atoms with Gasteiger partial charge in [-0.2, -0.15) is 5.10 Å². The molecule has 1 N–H and O–H groups in total. The fourth-order valence-electron chi connectivity index (χ4n) is 3.14. The van der Waals surface area contributed by atoms with E-state index in [1.807, 2.05) is 42.8 Å². The van der Waals surface area contributed by atoms with Gasteiger partial charge in [0.05, 0.1) is 31.4 Å². The molecule has 1 aromatic heterocycles. The minimum atomic E-state index is -0.942. The molecule has 0 radical (unpaired) electrons. The van der Waals surface area contributed by atoms with Crippen LogP contribution in [0.3, 0.4) is 0 Å². The lowest BCUT2D eigenvalue weighted by Crippen LogP contribution is -2.38. The molecule has 1 aromatic carbocycles. The summed E-state index contributed by atoms with van der Waals surface area (Å²) in [5.41, 5.74) is 3.55. The van der Waals surface area contributed by atoms with Crippen LogP contribution in [0.2, 0.25) is 0 Å². The number of carboxylic acid groups (broad SMARTS) is 1. The largest absolute Gasteiger partial charge is 0.481 e. The van der Waals surface area contributed by atoms with Crippen LogP contribution < -0.4 is 0 Å². The van der Waals surface area contributed by atoms with Crippen molar-refractivity contribution in [2.45, 2.75) is 20.4 Å². The monoisotopic (exact) mass is 357 g/mol. The first-order valence-electron chi connectivity index (χ1n) is 8.64. The molecule has 2 aromatic rings. The molecule has 2 heterocycles. The van der Waals surface area contributed by atoms with Gasteiger partial charge in [0.1, 0.15) is 0 Å². The molecule has 1 aliphatic heterocycles. The molecule has 138 valence electrons.